The summed E-state index contributed by atoms with van der Waals surface area (Å²) < 4.78 is 5.48. The predicted molar refractivity (Wildman–Crippen MR) is 53.1 cm³/mol. The monoisotopic (exact) mass is 180 g/mol. The Balaban J connectivity index is 2.77. The quantitative estimate of drug-likeness (QED) is 0.771. The van der Waals surface area contributed by atoms with Crippen molar-refractivity contribution in [2.75, 3.05) is 6.61 Å². The Kier molecular flexibility index (Phi) is 3.32. The molecule has 0 heterocycles. The molecular weight excluding hydrogens is 164 g/mol. The number of hydrogen-bond donors (Lipinski definition) is 1. The molecule has 0 spiro atoms. The van der Waals surface area contributed by atoms with E-state index in [4.69, 9.17) is 9.84 Å². The second kappa shape index (κ2) is 4.28. The first-order valence-electron chi connectivity index (χ1n) is 4.47. The van der Waals surface area contributed by atoms with Gasteiger partial charge >= 0.3 is 0 Å². The van der Waals surface area contributed by atoms with E-state index < -0.39 is 0 Å². The topological polar surface area (TPSA) is 29.5 Å². The lowest BCUT2D eigenvalue weighted by molar-refractivity contribution is 0.129. The van der Waals surface area contributed by atoms with Gasteiger partial charge in [-0.15, -0.1) is 0 Å². The van der Waals surface area contributed by atoms with Crippen LogP contribution in [0, 0.1) is 13.8 Å². The normalized spacial score (nSPS) is 12.6. The van der Waals surface area contributed by atoms with Crippen LogP contribution in [0.25, 0.3) is 0 Å². The zero-order valence-corrected chi connectivity index (χ0v) is 8.37. The molecule has 1 aromatic rings. The Bertz CT molecular complexity index is 261. The number of aliphatic hydroxyl groups excluding tert-OH is 1. The van der Waals surface area contributed by atoms with Crippen molar-refractivity contribution in [2.24, 2.45) is 0 Å². The summed E-state index contributed by atoms with van der Waals surface area (Å²) in [6.07, 6.45) is -0.138. The van der Waals surface area contributed by atoms with Crippen molar-refractivity contribution in [3.8, 4) is 5.75 Å². The van der Waals surface area contributed by atoms with Crippen LogP contribution < -0.4 is 4.74 Å². The molecule has 1 rings (SSSR count). The summed E-state index contributed by atoms with van der Waals surface area (Å²) in [6, 6.07) is 6.04. The van der Waals surface area contributed by atoms with Gasteiger partial charge in [0, 0.05) is 0 Å². The molecule has 2 nitrogen and oxygen atoms in total. The van der Waals surface area contributed by atoms with Gasteiger partial charge in [-0.2, -0.15) is 0 Å². The Morgan fingerprint density at radius 3 is 2.23 bits per heavy atom. The van der Waals surface area contributed by atoms with Crippen LogP contribution in [0.5, 0.6) is 5.75 Å². The maximum Gasteiger partial charge on any atom is 0.120 e. The maximum atomic E-state index is 8.81. The standard InChI is InChI=1S/C11H16O2/c1-8-4-9(2)6-11(5-8)13-10(3)7-12/h4-6,10,12H,7H2,1-3H3/t10-/m0/s1. The molecule has 0 saturated heterocycles. The van der Waals surface area contributed by atoms with Crippen molar-refractivity contribution < 1.29 is 9.84 Å². The molecule has 0 aromatic heterocycles. The van der Waals surface area contributed by atoms with E-state index >= 15 is 0 Å². The maximum absolute atomic E-state index is 8.81. The van der Waals surface area contributed by atoms with Crippen LogP contribution in [0.15, 0.2) is 18.2 Å². The minimum absolute atomic E-state index is 0.0486. The van der Waals surface area contributed by atoms with Gasteiger partial charge in [-0.25, -0.2) is 0 Å². The molecule has 1 N–H and O–H groups in total. The minimum atomic E-state index is -0.138. The smallest absolute Gasteiger partial charge is 0.120 e. The zero-order valence-electron chi connectivity index (χ0n) is 8.37. The number of aryl methyl sites for hydroxylation is 2. The third kappa shape index (κ3) is 3.07. The third-order valence-corrected chi connectivity index (χ3v) is 1.79. The molecule has 0 aliphatic carbocycles. The van der Waals surface area contributed by atoms with E-state index in [1.165, 1.54) is 11.1 Å². The number of ether oxygens (including phenoxy) is 1. The van der Waals surface area contributed by atoms with E-state index in [0.29, 0.717) is 0 Å². The second-order valence-electron chi connectivity index (χ2n) is 3.43. The Morgan fingerprint density at radius 1 is 1.23 bits per heavy atom. The van der Waals surface area contributed by atoms with Gasteiger partial charge in [0.25, 0.3) is 0 Å². The van der Waals surface area contributed by atoms with Crippen LogP contribution in [0.2, 0.25) is 0 Å². The fourth-order valence-electron chi connectivity index (χ4n) is 1.27. The van der Waals surface area contributed by atoms with Crippen molar-refractivity contribution in [2.45, 2.75) is 26.9 Å². The highest BCUT2D eigenvalue weighted by atomic mass is 16.5. The largest absolute Gasteiger partial charge is 0.488 e. The third-order valence-electron chi connectivity index (χ3n) is 1.79. The van der Waals surface area contributed by atoms with Crippen LogP contribution in [-0.2, 0) is 0 Å². The highest BCUT2D eigenvalue weighted by Crippen LogP contribution is 2.17. The fourth-order valence-corrected chi connectivity index (χ4v) is 1.27. The zero-order chi connectivity index (χ0) is 9.84. The van der Waals surface area contributed by atoms with Crippen molar-refractivity contribution in [1.29, 1.82) is 0 Å². The van der Waals surface area contributed by atoms with Crippen LogP contribution in [0.3, 0.4) is 0 Å². The summed E-state index contributed by atoms with van der Waals surface area (Å²) in [5, 5.41) is 8.81. The van der Waals surface area contributed by atoms with Gasteiger partial charge in [0.05, 0.1) is 6.61 Å². The first-order valence-corrected chi connectivity index (χ1v) is 4.47. The highest BCUT2D eigenvalue weighted by molar-refractivity contribution is 5.33. The van der Waals surface area contributed by atoms with E-state index in [9.17, 15) is 0 Å². The van der Waals surface area contributed by atoms with Gasteiger partial charge in [-0.05, 0) is 44.0 Å². The lowest BCUT2D eigenvalue weighted by atomic mass is 10.1. The fraction of sp³-hybridized carbons (Fsp3) is 0.455. The van der Waals surface area contributed by atoms with Crippen molar-refractivity contribution >= 4 is 0 Å². The molecule has 13 heavy (non-hydrogen) atoms. The summed E-state index contributed by atoms with van der Waals surface area (Å²) in [6.45, 7) is 5.96. The van der Waals surface area contributed by atoms with Gasteiger partial charge in [-0.3, -0.25) is 0 Å². The molecule has 72 valence electrons. The predicted octanol–water partition coefficient (Wildman–Crippen LogP) is 2.06. The molecule has 0 radical (unpaired) electrons. The minimum Gasteiger partial charge on any atom is -0.488 e. The summed E-state index contributed by atoms with van der Waals surface area (Å²) in [5.41, 5.74) is 2.36. The number of hydrogen-bond acceptors (Lipinski definition) is 2. The van der Waals surface area contributed by atoms with Crippen LogP contribution in [-0.4, -0.2) is 17.8 Å². The second-order valence-corrected chi connectivity index (χ2v) is 3.43. The van der Waals surface area contributed by atoms with E-state index in [2.05, 4.69) is 6.07 Å². The van der Waals surface area contributed by atoms with Crippen molar-refractivity contribution in [3.05, 3.63) is 29.3 Å². The molecule has 1 atom stereocenters. The van der Waals surface area contributed by atoms with Crippen molar-refractivity contribution in [3.63, 3.8) is 0 Å². The highest BCUT2D eigenvalue weighted by Gasteiger charge is 2.02. The first-order chi connectivity index (χ1) is 6.11. The lowest BCUT2D eigenvalue weighted by Gasteiger charge is -2.12. The molecular formula is C11H16O2. The Labute approximate surface area is 79.2 Å². The number of benzene rings is 1. The van der Waals surface area contributed by atoms with Gasteiger partial charge in [0.1, 0.15) is 11.9 Å². The lowest BCUT2D eigenvalue weighted by Crippen LogP contribution is -2.16. The first kappa shape index (κ1) is 10.1. The Morgan fingerprint density at radius 2 is 1.77 bits per heavy atom. The molecule has 0 fully saturated rings. The van der Waals surface area contributed by atoms with E-state index in [1.54, 1.807) is 0 Å². The summed E-state index contributed by atoms with van der Waals surface area (Å²) in [7, 11) is 0. The molecule has 0 bridgehead atoms. The van der Waals surface area contributed by atoms with Crippen LogP contribution in [0.1, 0.15) is 18.1 Å². The molecule has 0 amide bonds. The van der Waals surface area contributed by atoms with Gasteiger partial charge in [-0.1, -0.05) is 6.07 Å². The van der Waals surface area contributed by atoms with Crippen LogP contribution in [0.4, 0.5) is 0 Å². The molecule has 2 heteroatoms. The van der Waals surface area contributed by atoms with Gasteiger partial charge in [0.15, 0.2) is 0 Å². The average Bonchev–Trinajstić information content (AvgIpc) is 2.02. The molecule has 0 aliphatic heterocycles. The van der Waals surface area contributed by atoms with E-state index in [0.717, 1.165) is 5.75 Å². The van der Waals surface area contributed by atoms with Gasteiger partial charge in [0.2, 0.25) is 0 Å². The van der Waals surface area contributed by atoms with E-state index in [1.807, 2.05) is 32.9 Å². The van der Waals surface area contributed by atoms with Gasteiger partial charge < -0.3 is 9.84 Å². The summed E-state index contributed by atoms with van der Waals surface area (Å²) in [5.74, 6) is 0.832. The number of rotatable bonds is 3. The average molecular weight is 180 g/mol. The Hall–Kier alpha value is -1.02. The van der Waals surface area contributed by atoms with Crippen molar-refractivity contribution in [1.82, 2.24) is 0 Å². The molecule has 0 unspecified atom stereocenters. The molecule has 0 aliphatic rings. The number of aliphatic hydroxyl groups is 1. The molecule has 1 aromatic carbocycles. The molecule has 0 saturated carbocycles. The van der Waals surface area contributed by atoms with Crippen LogP contribution >= 0.6 is 0 Å². The summed E-state index contributed by atoms with van der Waals surface area (Å²) >= 11 is 0. The van der Waals surface area contributed by atoms with E-state index in [-0.39, 0.29) is 12.7 Å². The SMILES string of the molecule is Cc1cc(C)cc(O[C@@H](C)CO)c1. The summed E-state index contributed by atoms with van der Waals surface area (Å²) in [4.78, 5) is 0.